The van der Waals surface area contributed by atoms with Crippen molar-refractivity contribution < 1.29 is 19.4 Å². The van der Waals surface area contributed by atoms with E-state index in [-0.39, 0.29) is 0 Å². The maximum atomic E-state index is 10.8. The van der Waals surface area contributed by atoms with E-state index in [2.05, 4.69) is 10.2 Å². The van der Waals surface area contributed by atoms with Crippen LogP contribution in [-0.2, 0) is 4.79 Å². The molecule has 1 unspecified atom stereocenters. The molecule has 25 heavy (non-hydrogen) atoms. The van der Waals surface area contributed by atoms with Crippen molar-refractivity contribution >= 4 is 28.9 Å². The van der Waals surface area contributed by atoms with Crippen molar-refractivity contribution in [3.63, 3.8) is 0 Å². The molecule has 128 valence electrons. The number of carbonyl (C=O) groups is 1. The number of hydrogen-bond acceptors (Lipinski definition) is 6. The number of carboxylic acid groups (broad SMARTS) is 1. The molecular formula is C17H13ClN2O4S. The van der Waals surface area contributed by atoms with Crippen LogP contribution in [0.15, 0.2) is 48.5 Å². The molecule has 1 aromatic heterocycles. The smallest absolute Gasteiger partial charge is 0.344 e. The molecular weight excluding hydrogens is 364 g/mol. The average molecular weight is 377 g/mol. The Labute approximate surface area is 152 Å². The number of aliphatic carboxylic acids is 1. The van der Waals surface area contributed by atoms with E-state index in [4.69, 9.17) is 26.2 Å². The van der Waals surface area contributed by atoms with Crippen LogP contribution in [0, 0.1) is 0 Å². The molecule has 0 fully saturated rings. The highest BCUT2D eigenvalue weighted by Crippen LogP contribution is 2.34. The fourth-order valence-electron chi connectivity index (χ4n) is 1.94. The lowest BCUT2D eigenvalue weighted by molar-refractivity contribution is -0.144. The molecule has 2 aromatic carbocycles. The van der Waals surface area contributed by atoms with Crippen molar-refractivity contribution in [3.8, 4) is 27.3 Å². The zero-order valence-electron chi connectivity index (χ0n) is 13.0. The normalized spacial score (nSPS) is 11.8. The highest BCUT2D eigenvalue weighted by atomic mass is 35.5. The fraction of sp³-hybridized carbons (Fsp3) is 0.118. The second kappa shape index (κ2) is 7.50. The fourth-order valence-corrected chi connectivity index (χ4v) is 2.97. The third-order valence-electron chi connectivity index (χ3n) is 3.20. The largest absolute Gasteiger partial charge is 0.479 e. The van der Waals surface area contributed by atoms with Gasteiger partial charge in [-0.15, -0.1) is 5.10 Å². The number of hydrogen-bond donors (Lipinski definition) is 1. The van der Waals surface area contributed by atoms with E-state index >= 15 is 0 Å². The average Bonchev–Trinajstić information content (AvgIpc) is 3.05. The van der Waals surface area contributed by atoms with Crippen molar-refractivity contribution in [1.29, 1.82) is 0 Å². The van der Waals surface area contributed by atoms with Crippen LogP contribution in [0.5, 0.6) is 16.7 Å². The summed E-state index contributed by atoms with van der Waals surface area (Å²) in [5, 5.41) is 18.6. The van der Waals surface area contributed by atoms with E-state index in [0.717, 1.165) is 5.56 Å². The maximum absolute atomic E-state index is 10.8. The van der Waals surface area contributed by atoms with Gasteiger partial charge in [-0.2, -0.15) is 0 Å². The van der Waals surface area contributed by atoms with E-state index in [9.17, 15) is 4.79 Å². The quantitative estimate of drug-likeness (QED) is 0.682. The van der Waals surface area contributed by atoms with Crippen LogP contribution < -0.4 is 9.47 Å². The van der Waals surface area contributed by atoms with Crippen molar-refractivity contribution in [3.05, 3.63) is 53.6 Å². The molecule has 0 spiro atoms. The summed E-state index contributed by atoms with van der Waals surface area (Å²) < 4.78 is 10.9. The second-order valence-electron chi connectivity index (χ2n) is 5.02. The van der Waals surface area contributed by atoms with E-state index in [1.165, 1.54) is 18.3 Å². The molecule has 0 aliphatic heterocycles. The van der Waals surface area contributed by atoms with E-state index in [1.807, 2.05) is 18.2 Å². The molecule has 0 saturated carbocycles. The van der Waals surface area contributed by atoms with Crippen molar-refractivity contribution in [1.82, 2.24) is 10.2 Å². The molecule has 1 atom stereocenters. The molecule has 1 heterocycles. The molecule has 1 N–H and O–H groups in total. The Bertz CT molecular complexity index is 882. The van der Waals surface area contributed by atoms with Crippen LogP contribution in [0.2, 0.25) is 5.02 Å². The zero-order valence-corrected chi connectivity index (χ0v) is 14.6. The molecule has 6 nitrogen and oxygen atoms in total. The van der Waals surface area contributed by atoms with Crippen LogP contribution in [0.3, 0.4) is 0 Å². The minimum atomic E-state index is -1.03. The van der Waals surface area contributed by atoms with E-state index in [0.29, 0.717) is 26.7 Å². The van der Waals surface area contributed by atoms with Gasteiger partial charge < -0.3 is 14.6 Å². The standard InChI is InChI=1S/C17H13ClN2O4S/c1-10(16(21)22)23-11-6-8-12(9-7-11)24-17-20-19-15(25-17)13-4-2-3-5-14(13)18/h2-10H,1H3,(H,21,22). The van der Waals surface area contributed by atoms with Gasteiger partial charge >= 0.3 is 5.97 Å². The lowest BCUT2D eigenvalue weighted by Gasteiger charge is -2.10. The summed E-state index contributed by atoms with van der Waals surface area (Å²) in [6.07, 6.45) is -0.923. The first kappa shape index (κ1) is 17.2. The molecule has 0 bridgehead atoms. The highest BCUT2D eigenvalue weighted by Gasteiger charge is 2.13. The van der Waals surface area contributed by atoms with Crippen LogP contribution in [0.1, 0.15) is 6.92 Å². The Balaban J connectivity index is 1.69. The number of aromatic nitrogens is 2. The summed E-state index contributed by atoms with van der Waals surface area (Å²) in [6, 6.07) is 14.0. The molecule has 3 aromatic rings. The minimum Gasteiger partial charge on any atom is -0.479 e. The van der Waals surface area contributed by atoms with Gasteiger partial charge in [-0.1, -0.05) is 46.2 Å². The van der Waals surface area contributed by atoms with Gasteiger partial charge in [0.1, 0.15) is 11.5 Å². The van der Waals surface area contributed by atoms with Crippen LogP contribution in [0.25, 0.3) is 10.6 Å². The first-order valence-corrected chi connectivity index (χ1v) is 8.48. The summed E-state index contributed by atoms with van der Waals surface area (Å²) in [5.41, 5.74) is 0.794. The van der Waals surface area contributed by atoms with Gasteiger partial charge in [0.05, 0.1) is 5.02 Å². The number of benzene rings is 2. The maximum Gasteiger partial charge on any atom is 0.344 e. The predicted octanol–water partition coefficient (Wildman–Crippen LogP) is 4.50. The van der Waals surface area contributed by atoms with Gasteiger partial charge in [-0.3, -0.25) is 0 Å². The molecule has 0 aliphatic carbocycles. The SMILES string of the molecule is CC(Oc1ccc(Oc2nnc(-c3ccccc3Cl)s2)cc1)C(=O)O. The lowest BCUT2D eigenvalue weighted by Crippen LogP contribution is -2.22. The topological polar surface area (TPSA) is 81.5 Å². The molecule has 0 amide bonds. The minimum absolute atomic E-state index is 0.377. The summed E-state index contributed by atoms with van der Waals surface area (Å²) >= 11 is 7.43. The molecule has 3 rings (SSSR count). The van der Waals surface area contributed by atoms with Crippen molar-refractivity contribution in [2.75, 3.05) is 0 Å². The molecule has 0 aliphatic rings. The summed E-state index contributed by atoms with van der Waals surface area (Å²) in [5.74, 6) is -0.0465. The third-order valence-corrected chi connectivity index (χ3v) is 4.36. The summed E-state index contributed by atoms with van der Waals surface area (Å²) in [6.45, 7) is 1.46. The van der Waals surface area contributed by atoms with E-state index < -0.39 is 12.1 Å². The number of rotatable bonds is 6. The zero-order chi connectivity index (χ0) is 17.8. The summed E-state index contributed by atoms with van der Waals surface area (Å²) in [7, 11) is 0. The second-order valence-corrected chi connectivity index (χ2v) is 6.37. The van der Waals surface area contributed by atoms with Crippen molar-refractivity contribution in [2.45, 2.75) is 13.0 Å². The van der Waals surface area contributed by atoms with Gasteiger partial charge in [-0.05, 0) is 37.3 Å². The predicted molar refractivity (Wildman–Crippen MR) is 94.6 cm³/mol. The Kier molecular flexibility index (Phi) is 5.16. The van der Waals surface area contributed by atoms with Crippen molar-refractivity contribution in [2.24, 2.45) is 0 Å². The van der Waals surface area contributed by atoms with Gasteiger partial charge in [0.2, 0.25) is 0 Å². The Morgan fingerprint density at radius 2 is 1.80 bits per heavy atom. The van der Waals surface area contributed by atoms with E-state index in [1.54, 1.807) is 30.3 Å². The summed E-state index contributed by atoms with van der Waals surface area (Å²) in [4.78, 5) is 10.8. The van der Waals surface area contributed by atoms with Crippen LogP contribution in [0.4, 0.5) is 0 Å². The first-order valence-electron chi connectivity index (χ1n) is 7.28. The monoisotopic (exact) mass is 376 g/mol. The third kappa shape index (κ3) is 4.26. The number of carboxylic acids is 1. The van der Waals surface area contributed by atoms with Gasteiger partial charge in [0.15, 0.2) is 11.1 Å². The Morgan fingerprint density at radius 3 is 2.48 bits per heavy atom. The van der Waals surface area contributed by atoms with Gasteiger partial charge in [-0.25, -0.2) is 4.79 Å². The Hall–Kier alpha value is -2.64. The first-order chi connectivity index (χ1) is 12.0. The molecule has 0 saturated heterocycles. The van der Waals surface area contributed by atoms with Crippen LogP contribution >= 0.6 is 22.9 Å². The Morgan fingerprint density at radius 1 is 1.12 bits per heavy atom. The van der Waals surface area contributed by atoms with Gasteiger partial charge in [0, 0.05) is 5.56 Å². The molecule has 0 radical (unpaired) electrons. The number of halogens is 1. The lowest BCUT2D eigenvalue weighted by atomic mass is 10.2. The highest BCUT2D eigenvalue weighted by molar-refractivity contribution is 7.16. The number of nitrogens with zero attached hydrogens (tertiary/aromatic N) is 2. The van der Waals surface area contributed by atoms with Gasteiger partial charge in [0.25, 0.3) is 5.19 Å². The molecule has 8 heteroatoms. The number of ether oxygens (including phenoxy) is 2. The van der Waals surface area contributed by atoms with Crippen LogP contribution in [-0.4, -0.2) is 27.4 Å².